The zero-order valence-electron chi connectivity index (χ0n) is 8.36. The van der Waals surface area contributed by atoms with Crippen LogP contribution in [0.1, 0.15) is 0 Å². The number of aliphatic carboxylic acids is 1. The highest BCUT2D eigenvalue weighted by Crippen LogP contribution is 2.10. The molecule has 4 atom stereocenters. The Morgan fingerprint density at radius 3 is 2.07 bits per heavy atom. The van der Waals surface area contributed by atoms with Crippen LogP contribution in [0.2, 0.25) is 0 Å². The van der Waals surface area contributed by atoms with Gasteiger partial charge in [-0.15, -0.1) is 0 Å². The molecule has 0 heterocycles. The van der Waals surface area contributed by atoms with Gasteiger partial charge < -0.3 is 29.6 Å². The lowest BCUT2D eigenvalue weighted by molar-refractivity contribution is -0.168. The average molecular weight is 222 g/mol. The molecule has 0 fully saturated rings. The SMILES string of the molecule is CO[C@@H]([C@@H](O)[C@H](O)C(=O)O)[C@H](C=O)OC. The topological polar surface area (TPSA) is 113 Å². The van der Waals surface area contributed by atoms with Crippen LogP contribution in [0.4, 0.5) is 0 Å². The number of carbonyl (C=O) groups excluding carboxylic acids is 1. The molecule has 7 heteroatoms. The highest BCUT2D eigenvalue weighted by atomic mass is 16.5. The van der Waals surface area contributed by atoms with E-state index in [2.05, 4.69) is 4.74 Å². The predicted molar refractivity (Wildman–Crippen MR) is 47.3 cm³/mol. The molecule has 0 aromatic heterocycles. The Kier molecular flexibility index (Phi) is 6.02. The summed E-state index contributed by atoms with van der Waals surface area (Å²) >= 11 is 0. The van der Waals surface area contributed by atoms with Crippen molar-refractivity contribution in [1.82, 2.24) is 0 Å². The third-order valence-electron chi connectivity index (χ3n) is 1.92. The van der Waals surface area contributed by atoms with Gasteiger partial charge >= 0.3 is 5.97 Å². The lowest BCUT2D eigenvalue weighted by Gasteiger charge is -2.26. The Labute approximate surface area is 86.2 Å². The van der Waals surface area contributed by atoms with Crippen LogP contribution in [0.25, 0.3) is 0 Å². The normalized spacial score (nSPS) is 18.9. The molecule has 0 amide bonds. The van der Waals surface area contributed by atoms with Gasteiger partial charge in [-0.1, -0.05) is 0 Å². The summed E-state index contributed by atoms with van der Waals surface area (Å²) < 4.78 is 9.34. The first kappa shape index (κ1) is 14.0. The maximum absolute atomic E-state index is 10.5. The largest absolute Gasteiger partial charge is 0.479 e. The maximum Gasteiger partial charge on any atom is 0.335 e. The van der Waals surface area contributed by atoms with Crippen LogP contribution in [0, 0.1) is 0 Å². The average Bonchev–Trinajstić information content (AvgIpc) is 2.23. The van der Waals surface area contributed by atoms with E-state index in [4.69, 9.17) is 14.9 Å². The third kappa shape index (κ3) is 3.56. The van der Waals surface area contributed by atoms with Crippen LogP contribution in [-0.2, 0) is 19.1 Å². The molecule has 0 unspecified atom stereocenters. The minimum atomic E-state index is -2.03. The zero-order valence-corrected chi connectivity index (χ0v) is 8.36. The molecule has 0 bridgehead atoms. The van der Waals surface area contributed by atoms with Gasteiger partial charge in [-0.05, 0) is 0 Å². The van der Waals surface area contributed by atoms with Gasteiger partial charge in [-0.25, -0.2) is 4.79 Å². The molecular formula is C8H14O7. The summed E-state index contributed by atoms with van der Waals surface area (Å²) in [4.78, 5) is 20.9. The predicted octanol–water partition coefficient (Wildman–Crippen LogP) is -1.98. The Morgan fingerprint density at radius 1 is 1.27 bits per heavy atom. The van der Waals surface area contributed by atoms with Gasteiger partial charge in [0.15, 0.2) is 12.4 Å². The summed E-state index contributed by atoms with van der Waals surface area (Å²) in [5, 5.41) is 26.9. The van der Waals surface area contributed by atoms with Gasteiger partial charge in [0.1, 0.15) is 18.3 Å². The number of ether oxygens (including phenoxy) is 2. The maximum atomic E-state index is 10.5. The molecule has 0 aliphatic heterocycles. The number of carboxylic acid groups (broad SMARTS) is 1. The summed E-state index contributed by atoms with van der Waals surface area (Å²) in [5.74, 6) is -1.61. The first-order valence-electron chi connectivity index (χ1n) is 4.09. The molecule has 0 saturated heterocycles. The van der Waals surface area contributed by atoms with Gasteiger partial charge in [-0.2, -0.15) is 0 Å². The molecule has 0 saturated carbocycles. The molecule has 0 aliphatic rings. The molecule has 7 nitrogen and oxygen atoms in total. The van der Waals surface area contributed by atoms with Crippen LogP contribution in [0.3, 0.4) is 0 Å². The lowest BCUT2D eigenvalue weighted by Crippen LogP contribution is -2.49. The number of hydrogen-bond acceptors (Lipinski definition) is 6. The quantitative estimate of drug-likeness (QED) is 0.428. The first-order chi connectivity index (χ1) is 6.99. The first-order valence-corrected chi connectivity index (χ1v) is 4.09. The fourth-order valence-corrected chi connectivity index (χ4v) is 1.06. The number of methoxy groups -OCH3 is 2. The number of hydrogen-bond donors (Lipinski definition) is 3. The highest BCUT2D eigenvalue weighted by molar-refractivity contribution is 5.73. The van der Waals surface area contributed by atoms with Crippen molar-refractivity contribution in [3.05, 3.63) is 0 Å². The van der Waals surface area contributed by atoms with Crippen molar-refractivity contribution in [3.8, 4) is 0 Å². The van der Waals surface area contributed by atoms with Crippen molar-refractivity contribution in [3.63, 3.8) is 0 Å². The van der Waals surface area contributed by atoms with E-state index in [0.29, 0.717) is 6.29 Å². The van der Waals surface area contributed by atoms with Gasteiger partial charge in [0.2, 0.25) is 0 Å². The molecule has 88 valence electrons. The van der Waals surface area contributed by atoms with E-state index >= 15 is 0 Å². The van der Waals surface area contributed by atoms with Gasteiger partial charge in [0, 0.05) is 14.2 Å². The van der Waals surface area contributed by atoms with E-state index in [0.717, 1.165) is 7.11 Å². The second-order valence-electron chi connectivity index (χ2n) is 2.81. The second-order valence-corrected chi connectivity index (χ2v) is 2.81. The Balaban J connectivity index is 4.64. The zero-order chi connectivity index (χ0) is 12.0. The molecule has 0 aromatic carbocycles. The number of aliphatic hydroxyl groups excluding tert-OH is 2. The minimum Gasteiger partial charge on any atom is -0.479 e. The van der Waals surface area contributed by atoms with E-state index in [9.17, 15) is 14.7 Å². The van der Waals surface area contributed by atoms with Crippen molar-refractivity contribution in [2.24, 2.45) is 0 Å². The molecule has 15 heavy (non-hydrogen) atoms. The monoisotopic (exact) mass is 222 g/mol. The fourth-order valence-electron chi connectivity index (χ4n) is 1.06. The van der Waals surface area contributed by atoms with Crippen LogP contribution >= 0.6 is 0 Å². The van der Waals surface area contributed by atoms with Crippen LogP contribution in [0.15, 0.2) is 0 Å². The molecular weight excluding hydrogens is 208 g/mol. The van der Waals surface area contributed by atoms with Gasteiger partial charge in [0.25, 0.3) is 0 Å². The Morgan fingerprint density at radius 2 is 1.80 bits per heavy atom. The molecule has 0 radical (unpaired) electrons. The van der Waals surface area contributed by atoms with Crippen molar-refractivity contribution in [1.29, 1.82) is 0 Å². The summed E-state index contributed by atoms with van der Waals surface area (Å²) in [5.41, 5.74) is 0. The molecule has 3 N–H and O–H groups in total. The molecule has 0 aliphatic carbocycles. The van der Waals surface area contributed by atoms with Crippen LogP contribution in [-0.4, -0.2) is 66.2 Å². The lowest BCUT2D eigenvalue weighted by atomic mass is 10.0. The van der Waals surface area contributed by atoms with Gasteiger partial charge in [-0.3, -0.25) is 0 Å². The molecule has 0 rings (SSSR count). The van der Waals surface area contributed by atoms with Crippen molar-refractivity contribution in [2.75, 3.05) is 14.2 Å². The van der Waals surface area contributed by atoms with Crippen molar-refractivity contribution >= 4 is 12.3 Å². The van der Waals surface area contributed by atoms with Crippen LogP contribution < -0.4 is 0 Å². The second kappa shape index (κ2) is 6.46. The van der Waals surface area contributed by atoms with E-state index < -0.39 is 30.4 Å². The van der Waals surface area contributed by atoms with Gasteiger partial charge in [0.05, 0.1) is 0 Å². The Hall–Kier alpha value is -1.02. The molecule has 0 spiro atoms. The number of carbonyl (C=O) groups is 2. The fraction of sp³-hybridized carbons (Fsp3) is 0.750. The van der Waals surface area contributed by atoms with E-state index in [-0.39, 0.29) is 0 Å². The van der Waals surface area contributed by atoms with E-state index in [1.807, 2.05) is 0 Å². The van der Waals surface area contributed by atoms with E-state index in [1.165, 1.54) is 7.11 Å². The third-order valence-corrected chi connectivity index (χ3v) is 1.92. The standard InChI is InChI=1S/C8H14O7/c1-14-4(3-9)7(15-2)5(10)6(11)8(12)13/h3-7,10-11H,1-2H3,(H,12,13)/t4-,5-,6-,7+/m0/s1. The summed E-state index contributed by atoms with van der Waals surface area (Å²) in [7, 11) is 2.36. The van der Waals surface area contributed by atoms with Crippen molar-refractivity contribution in [2.45, 2.75) is 24.4 Å². The minimum absolute atomic E-state index is 0.353. The highest BCUT2D eigenvalue weighted by Gasteiger charge is 2.36. The number of aliphatic hydroxyl groups is 2. The number of rotatable bonds is 7. The summed E-state index contributed by atoms with van der Waals surface area (Å²) in [6.07, 6.45) is -5.81. The summed E-state index contributed by atoms with van der Waals surface area (Å²) in [6.45, 7) is 0. The van der Waals surface area contributed by atoms with E-state index in [1.54, 1.807) is 0 Å². The Bertz CT molecular complexity index is 217. The van der Waals surface area contributed by atoms with Crippen LogP contribution in [0.5, 0.6) is 0 Å². The number of aldehydes is 1. The smallest absolute Gasteiger partial charge is 0.335 e. The summed E-state index contributed by atoms with van der Waals surface area (Å²) in [6, 6.07) is 0. The number of carboxylic acids is 1. The van der Waals surface area contributed by atoms with Crippen molar-refractivity contribution < 1.29 is 34.4 Å². The molecule has 0 aromatic rings.